The number of benzene rings is 1. The first-order valence-corrected chi connectivity index (χ1v) is 6.88. The van der Waals surface area contributed by atoms with Crippen LogP contribution >= 0.6 is 23.2 Å². The molecule has 0 spiro atoms. The molecule has 0 radical (unpaired) electrons. The van der Waals surface area contributed by atoms with E-state index in [1.807, 2.05) is 12.1 Å². The van der Waals surface area contributed by atoms with E-state index in [0.717, 1.165) is 5.56 Å². The Morgan fingerprint density at radius 2 is 2.05 bits per heavy atom. The van der Waals surface area contributed by atoms with Gasteiger partial charge in [0.1, 0.15) is 18.7 Å². The Morgan fingerprint density at radius 3 is 2.65 bits per heavy atom. The van der Waals surface area contributed by atoms with E-state index in [0.29, 0.717) is 23.0 Å². The number of amides is 1. The number of halogens is 2. The van der Waals surface area contributed by atoms with Crippen molar-refractivity contribution in [1.29, 1.82) is 0 Å². The van der Waals surface area contributed by atoms with Crippen molar-refractivity contribution in [3.05, 3.63) is 46.5 Å². The molecule has 0 bridgehead atoms. The van der Waals surface area contributed by atoms with Gasteiger partial charge in [0, 0.05) is 16.6 Å². The second-order valence-electron chi connectivity index (χ2n) is 4.37. The topological polar surface area (TPSA) is 59.8 Å². The predicted molar refractivity (Wildman–Crippen MR) is 77.9 cm³/mol. The maximum atomic E-state index is 11.9. The van der Waals surface area contributed by atoms with Crippen molar-refractivity contribution in [1.82, 2.24) is 20.1 Å². The molecule has 1 aromatic carbocycles. The van der Waals surface area contributed by atoms with Crippen molar-refractivity contribution in [2.45, 2.75) is 19.4 Å². The number of hydrogen-bond donors (Lipinski definition) is 1. The maximum Gasteiger partial charge on any atom is 0.244 e. The summed E-state index contributed by atoms with van der Waals surface area (Å²) in [5.74, 6) is -0.108. The lowest BCUT2D eigenvalue weighted by Gasteiger charge is -2.12. The maximum absolute atomic E-state index is 11.9. The highest BCUT2D eigenvalue weighted by molar-refractivity contribution is 6.34. The van der Waals surface area contributed by atoms with Gasteiger partial charge < -0.3 is 5.32 Å². The van der Waals surface area contributed by atoms with Gasteiger partial charge >= 0.3 is 0 Å². The van der Waals surface area contributed by atoms with Crippen LogP contribution in [0.3, 0.4) is 0 Å². The van der Waals surface area contributed by atoms with Gasteiger partial charge in [0.2, 0.25) is 5.91 Å². The minimum absolute atomic E-state index is 0.108. The van der Waals surface area contributed by atoms with Gasteiger partial charge in [0.25, 0.3) is 0 Å². The summed E-state index contributed by atoms with van der Waals surface area (Å²) in [6.45, 7) is 2.27. The van der Waals surface area contributed by atoms with E-state index in [2.05, 4.69) is 15.4 Å². The van der Waals surface area contributed by atoms with Gasteiger partial charge in [-0.2, -0.15) is 5.10 Å². The van der Waals surface area contributed by atoms with Crippen LogP contribution in [0.2, 0.25) is 10.0 Å². The van der Waals surface area contributed by atoms with Crippen LogP contribution in [0, 0.1) is 0 Å². The van der Waals surface area contributed by atoms with E-state index in [1.54, 1.807) is 13.0 Å². The van der Waals surface area contributed by atoms with Gasteiger partial charge in [0.05, 0.1) is 0 Å². The number of nitrogens with one attached hydrogen (secondary N) is 1. The SMILES string of the molecule is C[C@@H](C(=O)NCCc1cc(Cl)cc(Cl)c1)n1cncn1. The third-order valence-electron chi connectivity index (χ3n) is 2.85. The molecule has 2 rings (SSSR count). The Morgan fingerprint density at radius 1 is 1.35 bits per heavy atom. The molecule has 0 aliphatic carbocycles. The first-order valence-electron chi connectivity index (χ1n) is 6.13. The fraction of sp³-hybridized carbons (Fsp3) is 0.308. The van der Waals surface area contributed by atoms with Gasteiger partial charge in [-0.3, -0.25) is 4.79 Å². The summed E-state index contributed by atoms with van der Waals surface area (Å²) in [4.78, 5) is 15.7. The summed E-state index contributed by atoms with van der Waals surface area (Å²) in [6, 6.07) is 4.96. The van der Waals surface area contributed by atoms with Crippen LogP contribution in [0.4, 0.5) is 0 Å². The molecule has 20 heavy (non-hydrogen) atoms. The third kappa shape index (κ3) is 3.95. The molecule has 1 amide bonds. The van der Waals surface area contributed by atoms with Gasteiger partial charge in [0.15, 0.2) is 0 Å². The molecule has 0 saturated carbocycles. The van der Waals surface area contributed by atoms with E-state index >= 15 is 0 Å². The van der Waals surface area contributed by atoms with Crippen LogP contribution < -0.4 is 5.32 Å². The fourth-order valence-electron chi connectivity index (χ4n) is 1.77. The molecule has 1 heterocycles. The highest BCUT2D eigenvalue weighted by Crippen LogP contribution is 2.19. The molecule has 0 aliphatic rings. The zero-order valence-electron chi connectivity index (χ0n) is 10.9. The van der Waals surface area contributed by atoms with E-state index in [9.17, 15) is 4.79 Å². The average Bonchev–Trinajstić information content (AvgIpc) is 2.90. The quantitative estimate of drug-likeness (QED) is 0.922. The van der Waals surface area contributed by atoms with Crippen LogP contribution in [0.25, 0.3) is 0 Å². The summed E-state index contributed by atoms with van der Waals surface area (Å²) in [6.07, 6.45) is 3.58. The normalized spacial score (nSPS) is 12.2. The Labute approximate surface area is 126 Å². The summed E-state index contributed by atoms with van der Waals surface area (Å²) >= 11 is 11.8. The van der Waals surface area contributed by atoms with Crippen LogP contribution in [0.15, 0.2) is 30.9 Å². The number of hydrogen-bond acceptors (Lipinski definition) is 3. The molecular formula is C13H14Cl2N4O. The molecule has 1 atom stereocenters. The highest BCUT2D eigenvalue weighted by atomic mass is 35.5. The number of aromatic nitrogens is 3. The summed E-state index contributed by atoms with van der Waals surface area (Å²) < 4.78 is 1.51. The number of rotatable bonds is 5. The zero-order chi connectivity index (χ0) is 14.5. The van der Waals surface area contributed by atoms with E-state index in [1.165, 1.54) is 17.3 Å². The zero-order valence-corrected chi connectivity index (χ0v) is 12.4. The molecule has 0 fully saturated rings. The Hall–Kier alpha value is -1.59. The van der Waals surface area contributed by atoms with Crippen molar-refractivity contribution < 1.29 is 4.79 Å². The molecule has 5 nitrogen and oxygen atoms in total. The predicted octanol–water partition coefficient (Wildman–Crippen LogP) is 2.50. The van der Waals surface area contributed by atoms with Gasteiger partial charge in [-0.15, -0.1) is 0 Å². The van der Waals surface area contributed by atoms with Crippen LogP contribution in [-0.4, -0.2) is 27.2 Å². The molecule has 106 valence electrons. The minimum atomic E-state index is -0.388. The largest absolute Gasteiger partial charge is 0.354 e. The molecule has 0 unspecified atom stereocenters. The van der Waals surface area contributed by atoms with Gasteiger partial charge in [-0.05, 0) is 37.1 Å². The highest BCUT2D eigenvalue weighted by Gasteiger charge is 2.14. The molecule has 0 aliphatic heterocycles. The summed E-state index contributed by atoms with van der Waals surface area (Å²) in [5.41, 5.74) is 0.983. The average molecular weight is 313 g/mol. The van der Waals surface area contributed by atoms with Gasteiger partial charge in [-0.25, -0.2) is 9.67 Å². The van der Waals surface area contributed by atoms with Crippen LogP contribution in [0.5, 0.6) is 0 Å². The van der Waals surface area contributed by atoms with E-state index in [-0.39, 0.29) is 11.9 Å². The minimum Gasteiger partial charge on any atom is -0.354 e. The van der Waals surface area contributed by atoms with Crippen molar-refractivity contribution in [3.63, 3.8) is 0 Å². The Bertz CT molecular complexity index is 566. The van der Waals surface area contributed by atoms with Crippen molar-refractivity contribution >= 4 is 29.1 Å². The lowest BCUT2D eigenvalue weighted by atomic mass is 10.1. The standard InChI is InChI=1S/C13H14Cl2N4O/c1-9(19-8-16-7-18-19)13(20)17-3-2-10-4-11(14)6-12(15)5-10/h4-9H,2-3H2,1H3,(H,17,20)/t9-/m0/s1. The second-order valence-corrected chi connectivity index (χ2v) is 5.24. The van der Waals surface area contributed by atoms with Crippen LogP contribution in [-0.2, 0) is 11.2 Å². The number of nitrogens with zero attached hydrogens (tertiary/aromatic N) is 3. The van der Waals surface area contributed by atoms with E-state index in [4.69, 9.17) is 23.2 Å². The summed E-state index contributed by atoms with van der Waals surface area (Å²) in [7, 11) is 0. The Kier molecular flexibility index (Phi) is 4.98. The first kappa shape index (κ1) is 14.8. The van der Waals surface area contributed by atoms with E-state index < -0.39 is 0 Å². The smallest absolute Gasteiger partial charge is 0.244 e. The van der Waals surface area contributed by atoms with Crippen molar-refractivity contribution in [3.8, 4) is 0 Å². The first-order chi connectivity index (χ1) is 9.56. The summed E-state index contributed by atoms with van der Waals surface area (Å²) in [5, 5.41) is 7.97. The third-order valence-corrected chi connectivity index (χ3v) is 3.28. The molecule has 7 heteroatoms. The molecular weight excluding hydrogens is 299 g/mol. The number of carbonyl (C=O) groups is 1. The second kappa shape index (κ2) is 6.72. The monoisotopic (exact) mass is 312 g/mol. The molecule has 0 saturated heterocycles. The fourth-order valence-corrected chi connectivity index (χ4v) is 2.34. The Balaban J connectivity index is 1.85. The van der Waals surface area contributed by atoms with Crippen LogP contribution in [0.1, 0.15) is 18.5 Å². The van der Waals surface area contributed by atoms with Crippen molar-refractivity contribution in [2.75, 3.05) is 6.54 Å². The molecule has 1 N–H and O–H groups in total. The lowest BCUT2D eigenvalue weighted by Crippen LogP contribution is -2.32. The number of carbonyl (C=O) groups excluding carboxylic acids is 1. The molecule has 1 aromatic heterocycles. The molecule has 2 aromatic rings. The lowest BCUT2D eigenvalue weighted by molar-refractivity contribution is -0.124. The van der Waals surface area contributed by atoms with Gasteiger partial charge in [-0.1, -0.05) is 23.2 Å². The van der Waals surface area contributed by atoms with Crippen molar-refractivity contribution in [2.24, 2.45) is 0 Å².